The first kappa shape index (κ1) is 21.4. The third kappa shape index (κ3) is 5.32. The van der Waals surface area contributed by atoms with Crippen molar-refractivity contribution in [3.05, 3.63) is 78.1 Å². The molecule has 2 heterocycles. The van der Waals surface area contributed by atoms with Crippen molar-refractivity contribution in [2.75, 3.05) is 0 Å². The van der Waals surface area contributed by atoms with Crippen LogP contribution in [-0.2, 0) is 0 Å². The molecule has 0 spiro atoms. The van der Waals surface area contributed by atoms with Crippen molar-refractivity contribution < 1.29 is 0 Å². The smallest absolute Gasteiger partial charge is 0.0920 e. The molecule has 1 atom stereocenters. The first-order valence-corrected chi connectivity index (χ1v) is 9.65. The number of pyridine rings is 1. The van der Waals surface area contributed by atoms with Gasteiger partial charge in [0.2, 0.25) is 0 Å². The molecule has 0 aromatic carbocycles. The SMILES string of the molecule is C=CN=C(c1ncccc1C)C(C)C/C=C1/N=CC=C(C(C)C)C1=NC(=C)C. The molecule has 4 nitrogen and oxygen atoms in total. The highest BCUT2D eigenvalue weighted by molar-refractivity contribution is 6.17. The molecule has 1 aliphatic heterocycles. The molecule has 1 aromatic rings. The van der Waals surface area contributed by atoms with Crippen molar-refractivity contribution in [3.8, 4) is 0 Å². The van der Waals surface area contributed by atoms with Gasteiger partial charge in [0.15, 0.2) is 0 Å². The zero-order chi connectivity index (χ0) is 20.7. The average molecular weight is 375 g/mol. The van der Waals surface area contributed by atoms with Crippen LogP contribution in [-0.4, -0.2) is 22.6 Å². The average Bonchev–Trinajstić information content (AvgIpc) is 2.65. The summed E-state index contributed by atoms with van der Waals surface area (Å²) in [5.74, 6) is 0.522. The molecule has 1 aliphatic rings. The predicted octanol–water partition coefficient (Wildman–Crippen LogP) is 5.87. The van der Waals surface area contributed by atoms with E-state index in [0.29, 0.717) is 5.92 Å². The van der Waals surface area contributed by atoms with Gasteiger partial charge in [0.25, 0.3) is 0 Å². The molecule has 1 aromatic heterocycles. The summed E-state index contributed by atoms with van der Waals surface area (Å²) in [4.78, 5) is 18.3. The Bertz CT molecular complexity index is 895. The zero-order valence-corrected chi connectivity index (χ0v) is 17.6. The van der Waals surface area contributed by atoms with E-state index in [1.807, 2.05) is 25.3 Å². The van der Waals surface area contributed by atoms with Crippen LogP contribution in [0.4, 0.5) is 0 Å². The Morgan fingerprint density at radius 3 is 2.64 bits per heavy atom. The van der Waals surface area contributed by atoms with Crippen LogP contribution in [0.15, 0.2) is 81.8 Å². The standard InChI is InChI=1S/C24H30N4/c1-8-25-22(23-18(6)10-9-14-27-23)19(7)11-12-21-24(28-17(4)5)20(16(2)3)13-15-26-21/h8-10,12-16,19H,1,4,11H2,2-3,5-7H3/b21-12+,25-22?,28-24?. The number of rotatable bonds is 7. The molecule has 0 saturated carbocycles. The number of hydrogen-bond donors (Lipinski definition) is 0. The molecule has 2 rings (SSSR count). The van der Waals surface area contributed by atoms with E-state index in [4.69, 9.17) is 0 Å². The molecule has 28 heavy (non-hydrogen) atoms. The Balaban J connectivity index is 2.34. The fourth-order valence-corrected chi connectivity index (χ4v) is 3.09. The molecular weight excluding hydrogens is 344 g/mol. The van der Waals surface area contributed by atoms with Gasteiger partial charge in [-0.3, -0.25) is 20.0 Å². The number of hydrogen-bond acceptors (Lipinski definition) is 4. The molecular formula is C24H30N4. The molecule has 1 unspecified atom stereocenters. The van der Waals surface area contributed by atoms with E-state index in [9.17, 15) is 0 Å². The van der Waals surface area contributed by atoms with Crippen molar-refractivity contribution in [3.63, 3.8) is 0 Å². The summed E-state index contributed by atoms with van der Waals surface area (Å²) in [6.45, 7) is 18.1. The Morgan fingerprint density at radius 2 is 2.04 bits per heavy atom. The van der Waals surface area contributed by atoms with Crippen LogP contribution in [0.3, 0.4) is 0 Å². The van der Waals surface area contributed by atoms with Gasteiger partial charge < -0.3 is 0 Å². The van der Waals surface area contributed by atoms with Crippen molar-refractivity contribution in [2.45, 2.75) is 41.0 Å². The van der Waals surface area contributed by atoms with E-state index in [0.717, 1.165) is 40.5 Å². The highest BCUT2D eigenvalue weighted by Gasteiger charge is 2.20. The van der Waals surface area contributed by atoms with E-state index in [1.165, 1.54) is 5.57 Å². The minimum Gasteiger partial charge on any atom is -0.259 e. The van der Waals surface area contributed by atoms with Crippen molar-refractivity contribution in [1.82, 2.24) is 4.98 Å². The second-order valence-electron chi connectivity index (χ2n) is 7.34. The fourth-order valence-electron chi connectivity index (χ4n) is 3.09. The molecule has 0 radical (unpaired) electrons. The minimum absolute atomic E-state index is 0.161. The Hall–Kier alpha value is -2.88. The molecule has 0 bridgehead atoms. The first-order chi connectivity index (χ1) is 13.3. The summed E-state index contributed by atoms with van der Waals surface area (Å²) in [6, 6.07) is 3.99. The van der Waals surface area contributed by atoms with Crippen LogP contribution in [0.1, 0.15) is 45.4 Å². The first-order valence-electron chi connectivity index (χ1n) is 9.65. The maximum atomic E-state index is 4.67. The van der Waals surface area contributed by atoms with Gasteiger partial charge in [0.05, 0.1) is 22.8 Å². The van der Waals surface area contributed by atoms with Gasteiger partial charge in [0.1, 0.15) is 0 Å². The van der Waals surface area contributed by atoms with Gasteiger partial charge in [-0.2, -0.15) is 0 Å². The summed E-state index contributed by atoms with van der Waals surface area (Å²) in [5, 5.41) is 0. The van der Waals surface area contributed by atoms with Crippen LogP contribution < -0.4 is 0 Å². The maximum Gasteiger partial charge on any atom is 0.0920 e. The number of aliphatic imine (C=N–C) groups is 3. The molecule has 0 saturated heterocycles. The van der Waals surface area contributed by atoms with Crippen LogP contribution >= 0.6 is 0 Å². The number of dihydropyridines is 1. The van der Waals surface area contributed by atoms with Crippen molar-refractivity contribution >= 4 is 17.6 Å². The number of aryl methyl sites for hydroxylation is 1. The lowest BCUT2D eigenvalue weighted by atomic mass is 9.92. The van der Waals surface area contributed by atoms with Gasteiger partial charge >= 0.3 is 0 Å². The molecule has 146 valence electrons. The minimum atomic E-state index is 0.161. The quantitative estimate of drug-likeness (QED) is 0.550. The Labute approximate surface area is 169 Å². The predicted molar refractivity (Wildman–Crippen MR) is 121 cm³/mol. The number of aromatic nitrogens is 1. The molecule has 0 N–H and O–H groups in total. The third-order valence-electron chi connectivity index (χ3n) is 4.52. The third-order valence-corrected chi connectivity index (χ3v) is 4.52. The van der Waals surface area contributed by atoms with Gasteiger partial charge in [-0.05, 0) is 49.5 Å². The fraction of sp³-hybridized carbons (Fsp3) is 0.333. The summed E-state index contributed by atoms with van der Waals surface area (Å²) in [5.41, 5.74) is 6.70. The molecule has 0 amide bonds. The van der Waals surface area contributed by atoms with E-state index in [-0.39, 0.29) is 5.92 Å². The highest BCUT2D eigenvalue weighted by Crippen LogP contribution is 2.24. The normalized spacial score (nSPS) is 18.5. The van der Waals surface area contributed by atoms with E-state index in [2.05, 4.69) is 73.0 Å². The Kier molecular flexibility index (Phi) is 7.56. The van der Waals surface area contributed by atoms with Crippen LogP contribution in [0, 0.1) is 18.8 Å². The molecule has 0 fully saturated rings. The van der Waals surface area contributed by atoms with E-state index < -0.39 is 0 Å². The molecule has 0 aliphatic carbocycles. The highest BCUT2D eigenvalue weighted by atomic mass is 14.8. The van der Waals surface area contributed by atoms with E-state index in [1.54, 1.807) is 12.4 Å². The topological polar surface area (TPSA) is 50.0 Å². The van der Waals surface area contributed by atoms with Gasteiger partial charge in [-0.1, -0.05) is 46.1 Å². The van der Waals surface area contributed by atoms with Gasteiger partial charge in [0, 0.05) is 30.2 Å². The lowest BCUT2D eigenvalue weighted by Crippen LogP contribution is -2.17. The van der Waals surface area contributed by atoms with Gasteiger partial charge in [-0.25, -0.2) is 0 Å². The monoisotopic (exact) mass is 374 g/mol. The lowest BCUT2D eigenvalue weighted by molar-refractivity contribution is 0.781. The maximum absolute atomic E-state index is 4.67. The largest absolute Gasteiger partial charge is 0.259 e. The Morgan fingerprint density at radius 1 is 1.29 bits per heavy atom. The van der Waals surface area contributed by atoms with Crippen molar-refractivity contribution in [1.29, 1.82) is 0 Å². The van der Waals surface area contributed by atoms with Crippen LogP contribution in [0.2, 0.25) is 0 Å². The lowest BCUT2D eigenvalue weighted by Gasteiger charge is -2.19. The summed E-state index contributed by atoms with van der Waals surface area (Å²) < 4.78 is 0. The van der Waals surface area contributed by atoms with E-state index >= 15 is 0 Å². The second-order valence-corrected chi connectivity index (χ2v) is 7.34. The summed E-state index contributed by atoms with van der Waals surface area (Å²) >= 11 is 0. The van der Waals surface area contributed by atoms with Gasteiger partial charge in [-0.15, -0.1) is 0 Å². The molecule has 4 heteroatoms. The van der Waals surface area contributed by atoms with Crippen molar-refractivity contribution in [2.24, 2.45) is 26.8 Å². The number of allylic oxidation sites excluding steroid dienone is 4. The zero-order valence-electron chi connectivity index (χ0n) is 17.6. The second kappa shape index (κ2) is 9.88. The number of nitrogens with zero attached hydrogens (tertiary/aromatic N) is 4. The van der Waals surface area contributed by atoms with Crippen LogP contribution in [0.5, 0.6) is 0 Å². The summed E-state index contributed by atoms with van der Waals surface area (Å²) in [6.07, 6.45) is 10.2. The van der Waals surface area contributed by atoms with Crippen LogP contribution in [0.25, 0.3) is 0 Å². The summed E-state index contributed by atoms with van der Waals surface area (Å²) in [7, 11) is 0.